The maximum Gasteiger partial charge on any atom is 0.339 e. The van der Waals surface area contributed by atoms with Crippen LogP contribution in [0, 0.1) is 0 Å². The number of benzene rings is 2. The number of fused-ring (bicyclic) bond motifs is 1. The molecule has 0 saturated heterocycles. The first-order chi connectivity index (χ1) is 12.2. The van der Waals surface area contributed by atoms with E-state index < -0.39 is 12.1 Å². The lowest BCUT2D eigenvalue weighted by atomic mass is 9.98. The molecule has 1 amide bonds. The number of ether oxygens (including phenoxy) is 1. The highest BCUT2D eigenvalue weighted by atomic mass is 32.1. The van der Waals surface area contributed by atoms with Gasteiger partial charge in [0.15, 0.2) is 6.10 Å². The standard InChI is InChI=1S/C19H14N2O3S/c22-17(15-10-13-8-4-5-9-14(13)19(23)24-15)21-18-16(20-11-25-18)12-6-2-1-3-7-12/h1-9,11,15H,10H2,(H,21,22). The smallest absolute Gasteiger partial charge is 0.339 e. The molecular formula is C19H14N2O3S. The van der Waals surface area contributed by atoms with Gasteiger partial charge in [0.25, 0.3) is 5.91 Å². The molecule has 2 aromatic carbocycles. The molecule has 4 rings (SSSR count). The van der Waals surface area contributed by atoms with Gasteiger partial charge in [-0.15, -0.1) is 11.3 Å². The zero-order valence-corrected chi connectivity index (χ0v) is 14.0. The number of thiazole rings is 1. The van der Waals surface area contributed by atoms with Gasteiger partial charge in [0.2, 0.25) is 0 Å². The summed E-state index contributed by atoms with van der Waals surface area (Å²) in [5.74, 6) is -0.807. The van der Waals surface area contributed by atoms with Gasteiger partial charge in [0.05, 0.1) is 11.1 Å². The van der Waals surface area contributed by atoms with Gasteiger partial charge in [-0.25, -0.2) is 9.78 Å². The fourth-order valence-corrected chi connectivity index (χ4v) is 3.51. The number of anilines is 1. The minimum absolute atomic E-state index is 0.343. The molecule has 1 aliphatic heterocycles. The van der Waals surface area contributed by atoms with Gasteiger partial charge < -0.3 is 10.1 Å². The lowest BCUT2D eigenvalue weighted by Crippen LogP contribution is -2.37. The molecule has 1 N–H and O–H groups in total. The first-order valence-corrected chi connectivity index (χ1v) is 8.69. The average Bonchev–Trinajstić information content (AvgIpc) is 3.10. The molecular weight excluding hydrogens is 336 g/mol. The van der Waals surface area contributed by atoms with E-state index in [1.165, 1.54) is 11.3 Å². The number of nitrogens with one attached hydrogen (secondary N) is 1. The predicted molar refractivity (Wildman–Crippen MR) is 95.5 cm³/mol. The van der Waals surface area contributed by atoms with Gasteiger partial charge in [0, 0.05) is 12.0 Å². The highest BCUT2D eigenvalue weighted by molar-refractivity contribution is 7.14. The summed E-state index contributed by atoms with van der Waals surface area (Å²) < 4.78 is 5.30. The topological polar surface area (TPSA) is 68.3 Å². The highest BCUT2D eigenvalue weighted by Crippen LogP contribution is 2.31. The number of hydrogen-bond acceptors (Lipinski definition) is 5. The summed E-state index contributed by atoms with van der Waals surface area (Å²) in [7, 11) is 0. The molecule has 1 aliphatic rings. The van der Waals surface area contributed by atoms with E-state index in [1.807, 2.05) is 42.5 Å². The summed E-state index contributed by atoms with van der Waals surface area (Å²) in [6.45, 7) is 0. The van der Waals surface area contributed by atoms with Crippen molar-refractivity contribution in [1.29, 1.82) is 0 Å². The molecule has 3 aromatic rings. The summed E-state index contributed by atoms with van der Waals surface area (Å²) in [6, 6.07) is 16.8. The van der Waals surface area contributed by atoms with Crippen LogP contribution in [0.5, 0.6) is 0 Å². The number of esters is 1. The zero-order valence-electron chi connectivity index (χ0n) is 13.1. The summed E-state index contributed by atoms with van der Waals surface area (Å²) in [5, 5.41) is 3.49. The Labute approximate surface area is 148 Å². The Morgan fingerprint density at radius 1 is 1.12 bits per heavy atom. The van der Waals surface area contributed by atoms with Crippen LogP contribution in [0.3, 0.4) is 0 Å². The van der Waals surface area contributed by atoms with E-state index in [4.69, 9.17) is 4.74 Å². The van der Waals surface area contributed by atoms with Gasteiger partial charge in [-0.1, -0.05) is 48.5 Å². The van der Waals surface area contributed by atoms with Crippen molar-refractivity contribution in [3.05, 3.63) is 71.2 Å². The second-order valence-corrected chi connectivity index (χ2v) is 6.50. The minimum Gasteiger partial charge on any atom is -0.448 e. The molecule has 0 aliphatic carbocycles. The predicted octanol–water partition coefficient (Wildman–Crippen LogP) is 3.53. The van der Waals surface area contributed by atoms with E-state index in [-0.39, 0.29) is 5.91 Å². The second kappa shape index (κ2) is 6.49. The van der Waals surface area contributed by atoms with Crippen molar-refractivity contribution in [2.24, 2.45) is 0 Å². The SMILES string of the molecule is O=C1OC(C(=O)Nc2scnc2-c2ccccc2)Cc2ccccc21. The Balaban J connectivity index is 1.55. The Hall–Kier alpha value is -2.99. The van der Waals surface area contributed by atoms with Gasteiger partial charge in [0.1, 0.15) is 10.7 Å². The third kappa shape index (κ3) is 3.04. The third-order valence-electron chi connectivity index (χ3n) is 4.04. The van der Waals surface area contributed by atoms with Crippen LogP contribution in [-0.2, 0) is 16.0 Å². The van der Waals surface area contributed by atoms with Gasteiger partial charge in [-0.2, -0.15) is 0 Å². The first kappa shape index (κ1) is 15.5. The van der Waals surface area contributed by atoms with E-state index in [0.717, 1.165) is 11.1 Å². The maximum atomic E-state index is 12.6. The number of amides is 1. The lowest BCUT2D eigenvalue weighted by molar-refractivity contribution is -0.125. The quantitative estimate of drug-likeness (QED) is 0.734. The molecule has 5 nitrogen and oxygen atoms in total. The summed E-state index contributed by atoms with van der Waals surface area (Å²) in [6.07, 6.45) is -0.471. The summed E-state index contributed by atoms with van der Waals surface area (Å²) in [4.78, 5) is 29.0. The molecule has 0 spiro atoms. The molecule has 1 atom stereocenters. The highest BCUT2D eigenvalue weighted by Gasteiger charge is 2.31. The van der Waals surface area contributed by atoms with Crippen LogP contribution in [0.4, 0.5) is 5.00 Å². The van der Waals surface area contributed by atoms with E-state index in [9.17, 15) is 9.59 Å². The number of cyclic esters (lactones) is 1. The van der Waals surface area contributed by atoms with E-state index >= 15 is 0 Å². The van der Waals surface area contributed by atoms with Crippen molar-refractivity contribution in [3.8, 4) is 11.3 Å². The average molecular weight is 350 g/mol. The normalized spacial score (nSPS) is 16.0. The Bertz CT molecular complexity index is 937. The van der Waals surface area contributed by atoms with Crippen molar-refractivity contribution < 1.29 is 14.3 Å². The summed E-state index contributed by atoms with van der Waals surface area (Å²) in [5.41, 5.74) is 4.66. The van der Waals surface area contributed by atoms with Crippen molar-refractivity contribution in [2.45, 2.75) is 12.5 Å². The Morgan fingerprint density at radius 2 is 1.88 bits per heavy atom. The van der Waals surface area contributed by atoms with Crippen molar-refractivity contribution in [3.63, 3.8) is 0 Å². The lowest BCUT2D eigenvalue weighted by Gasteiger charge is -2.23. The molecule has 25 heavy (non-hydrogen) atoms. The summed E-state index contributed by atoms with van der Waals surface area (Å²) >= 11 is 1.34. The van der Waals surface area contributed by atoms with Gasteiger partial charge in [-0.05, 0) is 11.6 Å². The molecule has 6 heteroatoms. The van der Waals surface area contributed by atoms with Crippen LogP contribution in [0.1, 0.15) is 15.9 Å². The minimum atomic E-state index is -0.840. The molecule has 0 bridgehead atoms. The van der Waals surface area contributed by atoms with E-state index in [2.05, 4.69) is 10.3 Å². The van der Waals surface area contributed by atoms with Crippen LogP contribution >= 0.6 is 11.3 Å². The number of carbonyl (C=O) groups is 2. The molecule has 0 fully saturated rings. The number of rotatable bonds is 3. The van der Waals surface area contributed by atoms with Gasteiger partial charge >= 0.3 is 5.97 Å². The maximum absolute atomic E-state index is 12.6. The number of carbonyl (C=O) groups excluding carboxylic acids is 2. The number of aromatic nitrogens is 1. The number of nitrogens with zero attached hydrogens (tertiary/aromatic N) is 1. The largest absolute Gasteiger partial charge is 0.448 e. The first-order valence-electron chi connectivity index (χ1n) is 7.81. The van der Waals surface area contributed by atoms with Crippen LogP contribution in [0.25, 0.3) is 11.3 Å². The van der Waals surface area contributed by atoms with E-state index in [0.29, 0.717) is 22.7 Å². The van der Waals surface area contributed by atoms with Gasteiger partial charge in [-0.3, -0.25) is 4.79 Å². The van der Waals surface area contributed by atoms with Crippen LogP contribution < -0.4 is 5.32 Å². The molecule has 0 saturated carbocycles. The van der Waals surface area contributed by atoms with Crippen LogP contribution in [0.2, 0.25) is 0 Å². The monoisotopic (exact) mass is 350 g/mol. The molecule has 0 radical (unpaired) electrons. The fourth-order valence-electron chi connectivity index (χ4n) is 2.81. The second-order valence-electron chi connectivity index (χ2n) is 5.64. The van der Waals surface area contributed by atoms with E-state index in [1.54, 1.807) is 17.6 Å². The van der Waals surface area contributed by atoms with Crippen molar-refractivity contribution in [1.82, 2.24) is 4.98 Å². The number of hydrogen-bond donors (Lipinski definition) is 1. The molecule has 1 aromatic heterocycles. The Morgan fingerprint density at radius 3 is 2.72 bits per heavy atom. The van der Waals surface area contributed by atoms with Crippen LogP contribution in [-0.4, -0.2) is 23.0 Å². The molecule has 124 valence electrons. The Kier molecular flexibility index (Phi) is 4.03. The molecule has 2 heterocycles. The van der Waals surface area contributed by atoms with Crippen molar-refractivity contribution in [2.75, 3.05) is 5.32 Å². The fraction of sp³-hybridized carbons (Fsp3) is 0.105. The van der Waals surface area contributed by atoms with Crippen molar-refractivity contribution >= 4 is 28.2 Å². The zero-order chi connectivity index (χ0) is 17.2. The third-order valence-corrected chi connectivity index (χ3v) is 4.78. The van der Waals surface area contributed by atoms with Crippen LogP contribution in [0.15, 0.2) is 60.1 Å². The molecule has 1 unspecified atom stereocenters.